The summed E-state index contributed by atoms with van der Waals surface area (Å²) < 4.78 is 0. The topological polar surface area (TPSA) is 49.4 Å². The maximum Gasteiger partial charge on any atom is 0.253 e. The smallest absolute Gasteiger partial charge is 0.253 e. The Hall–Kier alpha value is -2.62. The van der Waals surface area contributed by atoms with Crippen LogP contribution in [0.5, 0.6) is 0 Å². The minimum Gasteiger partial charge on any atom is -0.338 e. The number of benzene rings is 2. The predicted octanol–water partition coefficient (Wildman–Crippen LogP) is 4.41. The Balaban J connectivity index is 1.70. The number of amides is 2. The Morgan fingerprint density at radius 2 is 1.74 bits per heavy atom. The lowest BCUT2D eigenvalue weighted by Gasteiger charge is -2.32. The summed E-state index contributed by atoms with van der Waals surface area (Å²) in [4.78, 5) is 27.5. The van der Waals surface area contributed by atoms with E-state index in [4.69, 9.17) is 0 Å². The molecule has 1 atom stereocenters. The Bertz CT molecular complexity index is 852. The molecule has 0 spiro atoms. The maximum absolute atomic E-state index is 12.9. The van der Waals surface area contributed by atoms with Gasteiger partial charge in [-0.05, 0) is 69.9 Å². The van der Waals surface area contributed by atoms with Gasteiger partial charge in [-0.2, -0.15) is 0 Å². The minimum atomic E-state index is -0.173. The van der Waals surface area contributed by atoms with Crippen LogP contribution in [0.1, 0.15) is 45.5 Å². The summed E-state index contributed by atoms with van der Waals surface area (Å²) in [6, 6.07) is 11.8. The molecule has 3 rings (SSSR count). The molecule has 4 heteroatoms. The summed E-state index contributed by atoms with van der Waals surface area (Å²) in [5, 5.41) is 3.06. The van der Waals surface area contributed by atoms with Crippen molar-refractivity contribution in [1.29, 1.82) is 0 Å². The first-order valence-electron chi connectivity index (χ1n) is 9.60. The zero-order valence-corrected chi connectivity index (χ0v) is 16.6. The van der Waals surface area contributed by atoms with Gasteiger partial charge in [-0.3, -0.25) is 9.59 Å². The molecule has 0 bridgehead atoms. The third-order valence-corrected chi connectivity index (χ3v) is 5.41. The van der Waals surface area contributed by atoms with Crippen LogP contribution >= 0.6 is 0 Å². The minimum absolute atomic E-state index is 0.00150. The zero-order chi connectivity index (χ0) is 19.6. The third kappa shape index (κ3) is 4.38. The molecule has 2 aromatic rings. The van der Waals surface area contributed by atoms with E-state index in [1.165, 1.54) is 0 Å². The van der Waals surface area contributed by atoms with E-state index in [1.807, 2.05) is 62.9 Å². The van der Waals surface area contributed by atoms with Crippen molar-refractivity contribution in [3.63, 3.8) is 0 Å². The fourth-order valence-corrected chi connectivity index (χ4v) is 3.78. The molecule has 2 amide bonds. The molecule has 0 radical (unpaired) electrons. The second-order valence-corrected chi connectivity index (χ2v) is 7.70. The summed E-state index contributed by atoms with van der Waals surface area (Å²) >= 11 is 0. The number of aryl methyl sites for hydroxylation is 3. The first kappa shape index (κ1) is 19.2. The van der Waals surface area contributed by atoms with Crippen LogP contribution in [-0.2, 0) is 4.79 Å². The van der Waals surface area contributed by atoms with Gasteiger partial charge >= 0.3 is 0 Å². The van der Waals surface area contributed by atoms with E-state index in [2.05, 4.69) is 11.4 Å². The summed E-state index contributed by atoms with van der Waals surface area (Å²) in [6.07, 6.45) is 1.66. The van der Waals surface area contributed by atoms with Crippen LogP contribution in [0.15, 0.2) is 36.4 Å². The third-order valence-electron chi connectivity index (χ3n) is 5.41. The molecule has 2 aromatic carbocycles. The van der Waals surface area contributed by atoms with Crippen LogP contribution in [-0.4, -0.2) is 29.8 Å². The lowest BCUT2D eigenvalue weighted by molar-refractivity contribution is -0.121. The lowest BCUT2D eigenvalue weighted by Crippen LogP contribution is -2.43. The van der Waals surface area contributed by atoms with Gasteiger partial charge in [0.15, 0.2) is 0 Å². The Labute approximate surface area is 161 Å². The van der Waals surface area contributed by atoms with E-state index in [0.717, 1.165) is 40.8 Å². The molecule has 0 saturated carbocycles. The van der Waals surface area contributed by atoms with Crippen LogP contribution < -0.4 is 5.32 Å². The zero-order valence-electron chi connectivity index (χ0n) is 16.6. The summed E-state index contributed by atoms with van der Waals surface area (Å²) in [7, 11) is 0. The second-order valence-electron chi connectivity index (χ2n) is 7.70. The van der Waals surface area contributed by atoms with Gasteiger partial charge in [0.25, 0.3) is 5.91 Å². The molecule has 142 valence electrons. The summed E-state index contributed by atoms with van der Waals surface area (Å²) in [5.41, 5.74) is 5.98. The van der Waals surface area contributed by atoms with E-state index >= 15 is 0 Å². The molecular formula is C23H28N2O2. The monoisotopic (exact) mass is 364 g/mol. The van der Waals surface area contributed by atoms with Crippen molar-refractivity contribution in [2.75, 3.05) is 18.4 Å². The van der Waals surface area contributed by atoms with Gasteiger partial charge in [0, 0.05) is 24.3 Å². The molecule has 1 aliphatic rings. The summed E-state index contributed by atoms with van der Waals surface area (Å²) in [5.74, 6) is -0.152. The SMILES string of the molecule is Cc1cc(C)cc(C(=O)N2CCC[C@H](C(=O)Nc3cccc(C)c3C)C2)c1. The molecule has 0 aliphatic carbocycles. The lowest BCUT2D eigenvalue weighted by atomic mass is 9.95. The molecule has 0 unspecified atom stereocenters. The van der Waals surface area contributed by atoms with Crippen LogP contribution in [0.2, 0.25) is 0 Å². The number of hydrogen-bond donors (Lipinski definition) is 1. The molecule has 1 N–H and O–H groups in total. The van der Waals surface area contributed by atoms with Crippen molar-refractivity contribution in [3.8, 4) is 0 Å². The number of likely N-dealkylation sites (tertiary alicyclic amines) is 1. The number of carbonyl (C=O) groups is 2. The molecule has 4 nitrogen and oxygen atoms in total. The first-order chi connectivity index (χ1) is 12.8. The molecule has 1 heterocycles. The maximum atomic E-state index is 12.9. The Kier molecular flexibility index (Phi) is 5.64. The van der Waals surface area contributed by atoms with Gasteiger partial charge in [-0.25, -0.2) is 0 Å². The van der Waals surface area contributed by atoms with Gasteiger partial charge in [0.05, 0.1) is 5.92 Å². The number of hydrogen-bond acceptors (Lipinski definition) is 2. The highest BCUT2D eigenvalue weighted by Crippen LogP contribution is 2.23. The standard InChI is InChI=1S/C23H28N2O2/c1-15-11-16(2)13-20(12-15)23(27)25-10-6-8-19(14-25)22(26)24-21-9-5-7-17(3)18(21)4/h5,7,9,11-13,19H,6,8,10,14H2,1-4H3,(H,24,26)/t19-/m0/s1. The Morgan fingerprint density at radius 3 is 2.44 bits per heavy atom. The average molecular weight is 364 g/mol. The molecule has 1 aliphatic heterocycles. The average Bonchev–Trinajstić information content (AvgIpc) is 2.64. The van der Waals surface area contributed by atoms with Crippen molar-refractivity contribution in [3.05, 3.63) is 64.2 Å². The summed E-state index contributed by atoms with van der Waals surface area (Å²) in [6.45, 7) is 9.24. The van der Waals surface area contributed by atoms with Crippen molar-refractivity contribution >= 4 is 17.5 Å². The van der Waals surface area contributed by atoms with Crippen molar-refractivity contribution in [1.82, 2.24) is 4.90 Å². The van der Waals surface area contributed by atoms with E-state index in [1.54, 1.807) is 0 Å². The number of carbonyl (C=O) groups excluding carboxylic acids is 2. The highest BCUT2D eigenvalue weighted by molar-refractivity contribution is 5.96. The van der Waals surface area contributed by atoms with Gasteiger partial charge in [-0.15, -0.1) is 0 Å². The predicted molar refractivity (Wildman–Crippen MR) is 109 cm³/mol. The van der Waals surface area contributed by atoms with E-state index in [-0.39, 0.29) is 17.7 Å². The number of anilines is 1. The quantitative estimate of drug-likeness (QED) is 0.877. The number of rotatable bonds is 3. The van der Waals surface area contributed by atoms with Gasteiger partial charge in [0.2, 0.25) is 5.91 Å². The van der Waals surface area contributed by atoms with Crippen LogP contribution in [0.4, 0.5) is 5.69 Å². The molecule has 27 heavy (non-hydrogen) atoms. The molecule has 1 fully saturated rings. The van der Waals surface area contributed by atoms with E-state index in [9.17, 15) is 9.59 Å². The first-order valence-corrected chi connectivity index (χ1v) is 9.60. The fourth-order valence-electron chi connectivity index (χ4n) is 3.78. The second kappa shape index (κ2) is 7.95. The normalized spacial score (nSPS) is 16.9. The van der Waals surface area contributed by atoms with Crippen molar-refractivity contribution in [2.45, 2.75) is 40.5 Å². The molecule has 0 aromatic heterocycles. The van der Waals surface area contributed by atoms with Crippen molar-refractivity contribution in [2.24, 2.45) is 5.92 Å². The highest BCUT2D eigenvalue weighted by atomic mass is 16.2. The number of nitrogens with one attached hydrogen (secondary N) is 1. The molecular weight excluding hydrogens is 336 g/mol. The van der Waals surface area contributed by atoms with E-state index < -0.39 is 0 Å². The molecule has 1 saturated heterocycles. The van der Waals surface area contributed by atoms with Crippen molar-refractivity contribution < 1.29 is 9.59 Å². The Morgan fingerprint density at radius 1 is 1.04 bits per heavy atom. The number of nitrogens with zero attached hydrogens (tertiary/aromatic N) is 1. The van der Waals surface area contributed by atoms with Crippen LogP contribution in [0, 0.1) is 33.6 Å². The fraction of sp³-hybridized carbons (Fsp3) is 0.391. The number of piperidine rings is 1. The van der Waals surface area contributed by atoms with Gasteiger partial charge in [0.1, 0.15) is 0 Å². The van der Waals surface area contributed by atoms with Crippen LogP contribution in [0.3, 0.4) is 0 Å². The van der Waals surface area contributed by atoms with Gasteiger partial charge in [-0.1, -0.05) is 29.3 Å². The van der Waals surface area contributed by atoms with Crippen LogP contribution in [0.25, 0.3) is 0 Å². The van der Waals surface area contributed by atoms with Gasteiger partial charge < -0.3 is 10.2 Å². The largest absolute Gasteiger partial charge is 0.338 e. The highest BCUT2D eigenvalue weighted by Gasteiger charge is 2.29. The van der Waals surface area contributed by atoms with E-state index in [0.29, 0.717) is 18.7 Å².